The molecule has 2 heterocycles. The zero-order chi connectivity index (χ0) is 13.3. The van der Waals surface area contributed by atoms with E-state index >= 15 is 0 Å². The predicted octanol–water partition coefficient (Wildman–Crippen LogP) is 5.69. The van der Waals surface area contributed by atoms with Crippen LogP contribution < -0.4 is 5.32 Å². The van der Waals surface area contributed by atoms with E-state index < -0.39 is 0 Å². The highest BCUT2D eigenvalue weighted by atomic mass is 79.9. The third-order valence-corrected chi connectivity index (χ3v) is 6.28. The van der Waals surface area contributed by atoms with Gasteiger partial charge in [0.15, 0.2) is 0 Å². The van der Waals surface area contributed by atoms with Crippen molar-refractivity contribution in [1.82, 2.24) is 5.32 Å². The minimum absolute atomic E-state index is 0.370. The largest absolute Gasteiger partial charge is 0.305 e. The maximum absolute atomic E-state index is 6.04. The lowest BCUT2D eigenvalue weighted by molar-refractivity contribution is 0.578. The van der Waals surface area contributed by atoms with Gasteiger partial charge in [0.05, 0.1) is 0 Å². The first-order valence-electron chi connectivity index (χ1n) is 5.71. The summed E-state index contributed by atoms with van der Waals surface area (Å²) in [5.74, 6) is 0. The number of rotatable bonds is 4. The average molecular weight is 365 g/mol. The van der Waals surface area contributed by atoms with Crippen LogP contribution in [0.25, 0.3) is 0 Å². The van der Waals surface area contributed by atoms with Crippen molar-refractivity contribution in [1.29, 1.82) is 0 Å². The maximum Gasteiger partial charge on any atom is 0.107 e. The van der Waals surface area contributed by atoms with E-state index in [0.29, 0.717) is 6.04 Å². The van der Waals surface area contributed by atoms with Crippen LogP contribution in [0.5, 0.6) is 0 Å². The first-order valence-corrected chi connectivity index (χ1v) is 8.51. The van der Waals surface area contributed by atoms with Crippen molar-refractivity contribution >= 4 is 50.2 Å². The third-order valence-electron chi connectivity index (χ3n) is 2.82. The number of thiophene rings is 2. The summed E-state index contributed by atoms with van der Waals surface area (Å²) in [6, 6.07) is 4.72. The van der Waals surface area contributed by atoms with Crippen molar-refractivity contribution in [3.8, 4) is 0 Å². The SMILES string of the molecule is Cc1cc(C(C)NCc2cc(Br)c(Cl)s2)c(C)s1. The summed E-state index contributed by atoms with van der Waals surface area (Å²) in [6.45, 7) is 7.40. The fourth-order valence-electron chi connectivity index (χ4n) is 1.92. The van der Waals surface area contributed by atoms with E-state index in [1.54, 1.807) is 11.3 Å². The number of hydrogen-bond donors (Lipinski definition) is 1. The zero-order valence-electron chi connectivity index (χ0n) is 10.5. The van der Waals surface area contributed by atoms with Crippen LogP contribution in [-0.4, -0.2) is 0 Å². The Hall–Kier alpha value is 0.130. The maximum atomic E-state index is 6.04. The molecule has 2 aromatic heterocycles. The highest BCUT2D eigenvalue weighted by Crippen LogP contribution is 2.32. The Balaban J connectivity index is 2.00. The second-order valence-corrected chi connectivity index (χ2v) is 8.36. The van der Waals surface area contributed by atoms with Gasteiger partial charge in [-0.05, 0) is 54.4 Å². The molecule has 0 saturated carbocycles. The Morgan fingerprint density at radius 1 is 1.33 bits per heavy atom. The van der Waals surface area contributed by atoms with Gasteiger partial charge in [-0.25, -0.2) is 0 Å². The molecule has 0 aliphatic heterocycles. The summed E-state index contributed by atoms with van der Waals surface area (Å²) >= 11 is 13.0. The van der Waals surface area contributed by atoms with Crippen LogP contribution >= 0.6 is 50.2 Å². The third kappa shape index (κ3) is 3.36. The first kappa shape index (κ1) is 14.5. The van der Waals surface area contributed by atoms with Crippen LogP contribution in [0.3, 0.4) is 0 Å². The van der Waals surface area contributed by atoms with Gasteiger partial charge >= 0.3 is 0 Å². The summed E-state index contributed by atoms with van der Waals surface area (Å²) in [6.07, 6.45) is 0. The molecule has 18 heavy (non-hydrogen) atoms. The van der Waals surface area contributed by atoms with Gasteiger partial charge in [0.25, 0.3) is 0 Å². The van der Waals surface area contributed by atoms with Gasteiger partial charge in [-0.1, -0.05) is 11.6 Å². The average Bonchev–Trinajstić information content (AvgIpc) is 2.79. The van der Waals surface area contributed by atoms with Crippen molar-refractivity contribution in [3.63, 3.8) is 0 Å². The van der Waals surface area contributed by atoms with E-state index in [1.807, 2.05) is 11.3 Å². The molecule has 0 amide bonds. The summed E-state index contributed by atoms with van der Waals surface area (Å²) in [5.41, 5.74) is 1.40. The minimum Gasteiger partial charge on any atom is -0.305 e. The molecular weight excluding hydrogens is 350 g/mol. The molecule has 0 radical (unpaired) electrons. The summed E-state index contributed by atoms with van der Waals surface area (Å²) in [4.78, 5) is 4.03. The molecule has 1 unspecified atom stereocenters. The number of halogens is 2. The van der Waals surface area contributed by atoms with Gasteiger partial charge in [-0.3, -0.25) is 0 Å². The van der Waals surface area contributed by atoms with Gasteiger partial charge < -0.3 is 5.32 Å². The van der Waals surface area contributed by atoms with Crippen molar-refractivity contribution < 1.29 is 0 Å². The molecule has 0 saturated heterocycles. The molecule has 1 nitrogen and oxygen atoms in total. The normalized spacial score (nSPS) is 12.9. The highest BCUT2D eigenvalue weighted by molar-refractivity contribution is 9.10. The zero-order valence-corrected chi connectivity index (χ0v) is 14.5. The van der Waals surface area contributed by atoms with Crippen LogP contribution in [0.15, 0.2) is 16.6 Å². The van der Waals surface area contributed by atoms with E-state index in [0.717, 1.165) is 15.4 Å². The van der Waals surface area contributed by atoms with E-state index in [9.17, 15) is 0 Å². The van der Waals surface area contributed by atoms with E-state index in [2.05, 4.69) is 54.2 Å². The molecular formula is C13H15BrClNS2. The number of hydrogen-bond acceptors (Lipinski definition) is 3. The van der Waals surface area contributed by atoms with Crippen molar-refractivity contribution in [2.45, 2.75) is 33.4 Å². The Morgan fingerprint density at radius 3 is 2.56 bits per heavy atom. The second-order valence-electron chi connectivity index (χ2n) is 4.31. The van der Waals surface area contributed by atoms with Gasteiger partial charge in [0.1, 0.15) is 4.34 Å². The van der Waals surface area contributed by atoms with Crippen LogP contribution in [0.2, 0.25) is 4.34 Å². The van der Waals surface area contributed by atoms with Gasteiger partial charge in [-0.2, -0.15) is 0 Å². The summed E-state index contributed by atoms with van der Waals surface area (Å²) in [7, 11) is 0. The van der Waals surface area contributed by atoms with E-state index in [4.69, 9.17) is 11.6 Å². The van der Waals surface area contributed by atoms with Crippen LogP contribution in [-0.2, 0) is 6.54 Å². The van der Waals surface area contributed by atoms with Crippen molar-refractivity contribution in [2.24, 2.45) is 0 Å². The minimum atomic E-state index is 0.370. The lowest BCUT2D eigenvalue weighted by atomic mass is 10.1. The summed E-state index contributed by atoms with van der Waals surface area (Å²) < 4.78 is 1.81. The van der Waals surface area contributed by atoms with Gasteiger partial charge in [0, 0.05) is 31.7 Å². The fraction of sp³-hybridized carbons (Fsp3) is 0.385. The highest BCUT2D eigenvalue weighted by Gasteiger charge is 2.11. The molecule has 2 rings (SSSR count). The first-order chi connectivity index (χ1) is 8.47. The molecule has 0 bridgehead atoms. The topological polar surface area (TPSA) is 12.0 Å². The Kier molecular flexibility index (Phi) is 4.89. The Bertz CT molecular complexity index is 528. The molecule has 98 valence electrons. The Labute approximate surface area is 129 Å². The molecule has 0 aliphatic rings. The van der Waals surface area contributed by atoms with Gasteiger partial charge in [-0.15, -0.1) is 22.7 Å². The molecule has 0 spiro atoms. The monoisotopic (exact) mass is 363 g/mol. The van der Waals surface area contributed by atoms with E-state index in [1.165, 1.54) is 20.2 Å². The van der Waals surface area contributed by atoms with Crippen molar-refractivity contribution in [3.05, 3.63) is 41.1 Å². The standard InChI is InChI=1S/C13H15BrClNS2/c1-7-4-11(9(3)17-7)8(2)16-6-10-5-12(14)13(15)18-10/h4-5,8,16H,6H2,1-3H3. The predicted molar refractivity (Wildman–Crippen MR) is 86.1 cm³/mol. The Morgan fingerprint density at radius 2 is 2.06 bits per heavy atom. The van der Waals surface area contributed by atoms with Crippen LogP contribution in [0.1, 0.15) is 33.2 Å². The molecule has 1 atom stereocenters. The molecule has 1 N–H and O–H groups in total. The van der Waals surface area contributed by atoms with E-state index in [-0.39, 0.29) is 0 Å². The molecule has 2 aromatic rings. The lowest BCUT2D eigenvalue weighted by Crippen LogP contribution is -2.17. The molecule has 0 aromatic carbocycles. The summed E-state index contributed by atoms with van der Waals surface area (Å²) in [5, 5.41) is 3.55. The lowest BCUT2D eigenvalue weighted by Gasteiger charge is -2.12. The molecule has 0 aliphatic carbocycles. The van der Waals surface area contributed by atoms with Gasteiger partial charge in [0.2, 0.25) is 0 Å². The second kappa shape index (κ2) is 6.06. The number of nitrogens with one attached hydrogen (secondary N) is 1. The van der Waals surface area contributed by atoms with Crippen molar-refractivity contribution in [2.75, 3.05) is 0 Å². The molecule has 5 heteroatoms. The number of aryl methyl sites for hydroxylation is 2. The quantitative estimate of drug-likeness (QED) is 0.734. The van der Waals surface area contributed by atoms with Crippen LogP contribution in [0.4, 0.5) is 0 Å². The smallest absolute Gasteiger partial charge is 0.107 e. The van der Waals surface area contributed by atoms with Crippen LogP contribution in [0, 0.1) is 13.8 Å². The molecule has 0 fully saturated rings. The fourth-order valence-corrected chi connectivity index (χ4v) is 4.69.